The largest absolute Gasteiger partial charge is 0.355 e. The number of hydrogen-bond donors (Lipinski definition) is 2. The summed E-state index contributed by atoms with van der Waals surface area (Å²) >= 11 is 5.98. The monoisotopic (exact) mass is 366 g/mol. The molecule has 0 bridgehead atoms. The molecule has 0 spiro atoms. The van der Waals surface area contributed by atoms with Gasteiger partial charge in [0.25, 0.3) is 5.91 Å². The zero-order valence-corrected chi connectivity index (χ0v) is 14.6. The minimum absolute atomic E-state index is 0.197. The Morgan fingerprint density at radius 3 is 2.85 bits per heavy atom. The number of carbonyl (C=O) groups excluding carboxylic acids is 1. The summed E-state index contributed by atoms with van der Waals surface area (Å²) in [5.41, 5.74) is 2.74. The highest BCUT2D eigenvalue weighted by Gasteiger charge is 2.18. The Labute approximate surface area is 154 Å². The minimum Gasteiger partial charge on any atom is -0.355 e. The first kappa shape index (κ1) is 16.4. The maximum absolute atomic E-state index is 12.5. The van der Waals surface area contributed by atoms with Gasteiger partial charge in [-0.2, -0.15) is 0 Å². The van der Waals surface area contributed by atoms with Crippen LogP contribution in [0.4, 0.5) is 0 Å². The zero-order chi connectivity index (χ0) is 18.1. The number of hydrogen-bond acceptors (Lipinski definition) is 4. The van der Waals surface area contributed by atoms with E-state index in [1.165, 1.54) is 0 Å². The zero-order valence-electron chi connectivity index (χ0n) is 13.9. The third kappa shape index (κ3) is 3.19. The molecular weight excluding hydrogens is 352 g/mol. The van der Waals surface area contributed by atoms with E-state index in [1.807, 2.05) is 43.3 Å². The van der Waals surface area contributed by atoms with E-state index >= 15 is 0 Å². The van der Waals surface area contributed by atoms with Crippen molar-refractivity contribution >= 4 is 28.5 Å². The van der Waals surface area contributed by atoms with Crippen LogP contribution in [-0.2, 0) is 0 Å². The summed E-state index contributed by atoms with van der Waals surface area (Å²) in [6.07, 6.45) is 0. The fraction of sp³-hybridized carbons (Fsp3) is 0.105. The van der Waals surface area contributed by atoms with Crippen LogP contribution in [-0.4, -0.2) is 21.0 Å². The number of aromatic nitrogens is 3. The molecule has 4 aromatic rings. The molecule has 1 amide bonds. The molecule has 0 fully saturated rings. The number of imidazole rings is 1. The van der Waals surface area contributed by atoms with Crippen molar-refractivity contribution in [1.82, 2.24) is 20.4 Å². The van der Waals surface area contributed by atoms with Gasteiger partial charge in [-0.25, -0.2) is 4.98 Å². The molecule has 0 radical (unpaired) electrons. The fourth-order valence-corrected chi connectivity index (χ4v) is 2.87. The molecule has 2 aromatic heterocycles. The Kier molecular flexibility index (Phi) is 4.18. The molecule has 6 nitrogen and oxygen atoms in total. The molecule has 0 aliphatic carbocycles. The van der Waals surface area contributed by atoms with Gasteiger partial charge < -0.3 is 14.8 Å². The third-order valence-electron chi connectivity index (χ3n) is 4.02. The Morgan fingerprint density at radius 2 is 2.04 bits per heavy atom. The van der Waals surface area contributed by atoms with Gasteiger partial charge in [0.05, 0.1) is 17.1 Å². The van der Waals surface area contributed by atoms with Crippen molar-refractivity contribution in [3.63, 3.8) is 0 Å². The SMILES string of the molecule is CC(NC(=O)c1cc(-c2cccc(Cl)c2)on1)c1nc2ccccc2[nH]1. The van der Waals surface area contributed by atoms with Crippen molar-refractivity contribution in [2.24, 2.45) is 0 Å². The first-order valence-electron chi connectivity index (χ1n) is 8.08. The first-order valence-corrected chi connectivity index (χ1v) is 8.46. The van der Waals surface area contributed by atoms with Gasteiger partial charge in [-0.05, 0) is 31.2 Å². The lowest BCUT2D eigenvalue weighted by molar-refractivity contribution is 0.0929. The number of amides is 1. The van der Waals surface area contributed by atoms with Gasteiger partial charge in [0, 0.05) is 16.7 Å². The molecule has 26 heavy (non-hydrogen) atoms. The van der Waals surface area contributed by atoms with Crippen LogP contribution in [0.2, 0.25) is 5.02 Å². The highest BCUT2D eigenvalue weighted by molar-refractivity contribution is 6.30. The molecule has 0 saturated heterocycles. The lowest BCUT2D eigenvalue weighted by atomic mass is 10.1. The Bertz CT molecular complexity index is 1050. The molecule has 2 N–H and O–H groups in total. The lowest BCUT2D eigenvalue weighted by Gasteiger charge is -2.09. The number of aromatic amines is 1. The summed E-state index contributed by atoms with van der Waals surface area (Å²) in [5, 5.41) is 7.31. The van der Waals surface area contributed by atoms with Crippen molar-refractivity contribution in [2.45, 2.75) is 13.0 Å². The van der Waals surface area contributed by atoms with Crippen LogP contribution in [0, 0.1) is 0 Å². The minimum atomic E-state index is -0.338. The van der Waals surface area contributed by atoms with Crippen molar-refractivity contribution in [2.75, 3.05) is 0 Å². The van der Waals surface area contributed by atoms with Gasteiger partial charge in [-0.15, -0.1) is 0 Å². The highest BCUT2D eigenvalue weighted by atomic mass is 35.5. The number of H-pyrrole nitrogens is 1. The molecular formula is C19H15ClN4O2. The molecule has 7 heteroatoms. The predicted octanol–water partition coefficient (Wildman–Crippen LogP) is 4.36. The average molecular weight is 367 g/mol. The molecule has 1 atom stereocenters. The summed E-state index contributed by atoms with van der Waals surface area (Å²) in [6.45, 7) is 1.85. The van der Waals surface area contributed by atoms with Crippen molar-refractivity contribution in [3.05, 3.63) is 71.1 Å². The number of carbonyl (C=O) groups is 1. The number of nitrogens with one attached hydrogen (secondary N) is 2. The molecule has 130 valence electrons. The Balaban J connectivity index is 1.51. The maximum atomic E-state index is 12.5. The lowest BCUT2D eigenvalue weighted by Crippen LogP contribution is -2.27. The second-order valence-corrected chi connectivity index (χ2v) is 6.36. The fourth-order valence-electron chi connectivity index (χ4n) is 2.68. The number of halogens is 1. The van der Waals surface area contributed by atoms with E-state index < -0.39 is 0 Å². The van der Waals surface area contributed by atoms with Gasteiger partial charge >= 0.3 is 0 Å². The molecule has 2 heterocycles. The molecule has 2 aromatic carbocycles. The van der Waals surface area contributed by atoms with E-state index in [0.717, 1.165) is 16.6 Å². The van der Waals surface area contributed by atoms with E-state index in [1.54, 1.807) is 18.2 Å². The molecule has 0 aliphatic rings. The van der Waals surface area contributed by atoms with Crippen LogP contribution < -0.4 is 5.32 Å². The van der Waals surface area contributed by atoms with Crippen molar-refractivity contribution < 1.29 is 9.32 Å². The Morgan fingerprint density at radius 1 is 1.19 bits per heavy atom. The number of nitrogens with zero attached hydrogens (tertiary/aromatic N) is 2. The van der Waals surface area contributed by atoms with Gasteiger partial charge in [0.2, 0.25) is 0 Å². The first-order chi connectivity index (χ1) is 12.6. The van der Waals surface area contributed by atoms with Gasteiger partial charge in [0.15, 0.2) is 11.5 Å². The second kappa shape index (κ2) is 6.65. The van der Waals surface area contributed by atoms with Gasteiger partial charge in [-0.1, -0.05) is 41.0 Å². The number of rotatable bonds is 4. The quantitative estimate of drug-likeness (QED) is 0.562. The van der Waals surface area contributed by atoms with Crippen molar-refractivity contribution in [3.8, 4) is 11.3 Å². The van der Waals surface area contributed by atoms with Crippen LogP contribution in [0.15, 0.2) is 59.1 Å². The second-order valence-electron chi connectivity index (χ2n) is 5.92. The van der Waals surface area contributed by atoms with E-state index in [4.69, 9.17) is 16.1 Å². The summed E-state index contributed by atoms with van der Waals surface area (Å²) in [6, 6.07) is 16.2. The van der Waals surface area contributed by atoms with Crippen LogP contribution in [0.3, 0.4) is 0 Å². The van der Waals surface area contributed by atoms with Crippen LogP contribution in [0.25, 0.3) is 22.4 Å². The summed E-state index contributed by atoms with van der Waals surface area (Å²) in [4.78, 5) is 20.2. The highest BCUT2D eigenvalue weighted by Crippen LogP contribution is 2.23. The molecule has 0 aliphatic heterocycles. The predicted molar refractivity (Wildman–Crippen MR) is 98.9 cm³/mol. The normalized spacial score (nSPS) is 12.2. The standard InChI is InChI=1S/C19H15ClN4O2/c1-11(18-22-14-7-2-3-8-15(14)23-18)21-19(25)16-10-17(26-24-16)12-5-4-6-13(20)9-12/h2-11H,1H3,(H,21,25)(H,22,23). The number of para-hydroxylation sites is 2. The van der Waals surface area contributed by atoms with E-state index in [0.29, 0.717) is 16.6 Å². The maximum Gasteiger partial charge on any atom is 0.274 e. The molecule has 0 saturated carbocycles. The Hall–Kier alpha value is -3.12. The topological polar surface area (TPSA) is 83.8 Å². The summed E-state index contributed by atoms with van der Waals surface area (Å²) in [5.74, 6) is 0.821. The van der Waals surface area contributed by atoms with Crippen LogP contribution in [0.1, 0.15) is 29.3 Å². The third-order valence-corrected chi connectivity index (χ3v) is 4.25. The van der Waals surface area contributed by atoms with E-state index in [2.05, 4.69) is 20.4 Å². The number of fused-ring (bicyclic) bond motifs is 1. The van der Waals surface area contributed by atoms with Crippen molar-refractivity contribution in [1.29, 1.82) is 0 Å². The van der Waals surface area contributed by atoms with Gasteiger partial charge in [0.1, 0.15) is 5.82 Å². The van der Waals surface area contributed by atoms with Crippen LogP contribution >= 0.6 is 11.6 Å². The average Bonchev–Trinajstić information content (AvgIpc) is 3.29. The van der Waals surface area contributed by atoms with Crippen LogP contribution in [0.5, 0.6) is 0 Å². The van der Waals surface area contributed by atoms with Gasteiger partial charge in [-0.3, -0.25) is 4.79 Å². The molecule has 4 rings (SSSR count). The number of benzene rings is 2. The van der Waals surface area contributed by atoms with E-state index in [-0.39, 0.29) is 17.6 Å². The van der Waals surface area contributed by atoms with E-state index in [9.17, 15) is 4.79 Å². The summed E-state index contributed by atoms with van der Waals surface area (Å²) in [7, 11) is 0. The smallest absolute Gasteiger partial charge is 0.274 e. The molecule has 1 unspecified atom stereocenters. The summed E-state index contributed by atoms with van der Waals surface area (Å²) < 4.78 is 5.27.